The van der Waals surface area contributed by atoms with Crippen LogP contribution in [0, 0.1) is 11.3 Å². The van der Waals surface area contributed by atoms with E-state index in [0.29, 0.717) is 6.42 Å². The number of amides is 1. The molecule has 0 saturated heterocycles. The van der Waals surface area contributed by atoms with Crippen LogP contribution in [0.5, 0.6) is 0 Å². The van der Waals surface area contributed by atoms with Crippen LogP contribution in [0.3, 0.4) is 0 Å². The van der Waals surface area contributed by atoms with Crippen LogP contribution >= 0.6 is 0 Å². The van der Waals surface area contributed by atoms with E-state index in [0.717, 1.165) is 16.8 Å². The SMILES string of the molecule is CN1C(=O)[C@]23c4c(cccc41)CC(=O)[C@H]2C3(C)C. The zero-order valence-corrected chi connectivity index (χ0v) is 10.8. The number of Topliss-reactive ketones (excluding diaryl/α,β-unsaturated/α-hetero) is 1. The van der Waals surface area contributed by atoms with E-state index in [2.05, 4.69) is 13.8 Å². The lowest BCUT2D eigenvalue weighted by Gasteiger charge is -2.18. The zero-order chi connectivity index (χ0) is 12.9. The van der Waals surface area contributed by atoms with E-state index in [-0.39, 0.29) is 23.0 Å². The molecule has 18 heavy (non-hydrogen) atoms. The highest BCUT2D eigenvalue weighted by atomic mass is 16.2. The Morgan fingerprint density at radius 3 is 2.72 bits per heavy atom. The van der Waals surface area contributed by atoms with Gasteiger partial charge in [0.1, 0.15) is 5.78 Å². The number of rotatable bonds is 0. The molecule has 1 aromatic rings. The van der Waals surface area contributed by atoms with Gasteiger partial charge in [-0.2, -0.15) is 0 Å². The van der Waals surface area contributed by atoms with Crippen LogP contribution < -0.4 is 4.90 Å². The largest absolute Gasteiger partial charge is 0.314 e. The van der Waals surface area contributed by atoms with E-state index >= 15 is 0 Å². The first kappa shape index (κ1) is 10.3. The molecular weight excluding hydrogens is 226 g/mol. The molecule has 1 heterocycles. The molecule has 3 aliphatic rings. The molecule has 0 N–H and O–H groups in total. The predicted molar refractivity (Wildman–Crippen MR) is 67.5 cm³/mol. The second kappa shape index (κ2) is 2.53. The highest BCUT2D eigenvalue weighted by Crippen LogP contribution is 2.76. The summed E-state index contributed by atoms with van der Waals surface area (Å²) < 4.78 is 0. The summed E-state index contributed by atoms with van der Waals surface area (Å²) in [6.45, 7) is 4.11. The second-order valence-corrected chi connectivity index (χ2v) is 6.28. The van der Waals surface area contributed by atoms with Gasteiger partial charge >= 0.3 is 0 Å². The van der Waals surface area contributed by atoms with Gasteiger partial charge in [0, 0.05) is 25.1 Å². The molecule has 3 nitrogen and oxygen atoms in total. The molecule has 4 rings (SSSR count). The number of anilines is 1. The topological polar surface area (TPSA) is 37.4 Å². The van der Waals surface area contributed by atoms with Crippen LogP contribution in [0.25, 0.3) is 0 Å². The Kier molecular flexibility index (Phi) is 1.45. The van der Waals surface area contributed by atoms with Crippen molar-refractivity contribution in [2.75, 3.05) is 11.9 Å². The number of hydrogen-bond acceptors (Lipinski definition) is 2. The van der Waals surface area contributed by atoms with Crippen molar-refractivity contribution in [3.05, 3.63) is 29.3 Å². The normalized spacial score (nSPS) is 34.4. The third kappa shape index (κ3) is 0.727. The molecular formula is C15H15NO2. The smallest absolute Gasteiger partial charge is 0.238 e. The molecule has 92 valence electrons. The van der Waals surface area contributed by atoms with Gasteiger partial charge in [0.25, 0.3) is 0 Å². The van der Waals surface area contributed by atoms with Crippen molar-refractivity contribution < 1.29 is 9.59 Å². The summed E-state index contributed by atoms with van der Waals surface area (Å²) in [4.78, 5) is 26.7. The van der Waals surface area contributed by atoms with E-state index in [1.165, 1.54) is 0 Å². The fraction of sp³-hybridized carbons (Fsp3) is 0.467. The maximum atomic E-state index is 12.7. The first-order chi connectivity index (χ1) is 8.44. The summed E-state index contributed by atoms with van der Waals surface area (Å²) in [5, 5.41) is 0. The van der Waals surface area contributed by atoms with E-state index in [4.69, 9.17) is 0 Å². The van der Waals surface area contributed by atoms with Crippen LogP contribution in [-0.4, -0.2) is 18.7 Å². The molecule has 1 aliphatic heterocycles. The highest BCUT2D eigenvalue weighted by molar-refractivity contribution is 6.18. The van der Waals surface area contributed by atoms with Crippen molar-refractivity contribution in [1.29, 1.82) is 0 Å². The van der Waals surface area contributed by atoms with Crippen molar-refractivity contribution in [2.45, 2.75) is 25.7 Å². The molecule has 1 fully saturated rings. The van der Waals surface area contributed by atoms with Crippen molar-refractivity contribution in [3.8, 4) is 0 Å². The molecule has 1 spiro atoms. The molecule has 0 radical (unpaired) electrons. The molecule has 3 heteroatoms. The van der Waals surface area contributed by atoms with Gasteiger partial charge in [0.2, 0.25) is 5.91 Å². The van der Waals surface area contributed by atoms with Gasteiger partial charge in [-0.25, -0.2) is 0 Å². The number of benzene rings is 1. The number of hydrogen-bond donors (Lipinski definition) is 0. The van der Waals surface area contributed by atoms with Gasteiger partial charge < -0.3 is 4.90 Å². The Labute approximate surface area is 106 Å². The molecule has 1 amide bonds. The third-order valence-electron chi connectivity index (χ3n) is 5.30. The summed E-state index contributed by atoms with van der Waals surface area (Å²) in [5.41, 5.74) is 2.40. The number of nitrogens with zero attached hydrogens (tertiary/aromatic N) is 1. The lowest BCUT2D eigenvalue weighted by molar-refractivity contribution is -0.125. The summed E-state index contributed by atoms with van der Waals surface area (Å²) in [6, 6.07) is 5.93. The average Bonchev–Trinajstić information content (AvgIpc) is 2.77. The molecule has 2 atom stereocenters. The number of ketones is 1. The highest BCUT2D eigenvalue weighted by Gasteiger charge is 2.83. The van der Waals surface area contributed by atoms with Gasteiger partial charge in [-0.1, -0.05) is 26.0 Å². The van der Waals surface area contributed by atoms with Crippen molar-refractivity contribution >= 4 is 17.4 Å². The van der Waals surface area contributed by atoms with Crippen LogP contribution in [-0.2, 0) is 21.4 Å². The Bertz CT molecular complexity index is 631. The molecule has 0 bridgehead atoms. The fourth-order valence-electron chi connectivity index (χ4n) is 4.51. The minimum absolute atomic E-state index is 0.105. The summed E-state index contributed by atoms with van der Waals surface area (Å²) in [5.74, 6) is 0.220. The van der Waals surface area contributed by atoms with Crippen molar-refractivity contribution in [1.82, 2.24) is 0 Å². The Balaban J connectivity index is 2.13. The predicted octanol–water partition coefficient (Wildman–Crippen LogP) is 1.68. The van der Waals surface area contributed by atoms with Gasteiger partial charge in [0.15, 0.2) is 0 Å². The van der Waals surface area contributed by atoms with E-state index in [9.17, 15) is 9.59 Å². The molecule has 0 unspecified atom stereocenters. The lowest BCUT2D eigenvalue weighted by Crippen LogP contribution is -2.34. The molecule has 1 saturated carbocycles. The first-order valence-corrected chi connectivity index (χ1v) is 6.37. The minimum atomic E-state index is -0.553. The van der Waals surface area contributed by atoms with Gasteiger partial charge in [-0.3, -0.25) is 9.59 Å². The zero-order valence-electron chi connectivity index (χ0n) is 10.8. The number of carbonyl (C=O) groups is 2. The van der Waals surface area contributed by atoms with Crippen molar-refractivity contribution in [2.24, 2.45) is 11.3 Å². The second-order valence-electron chi connectivity index (χ2n) is 6.28. The van der Waals surface area contributed by atoms with Crippen LogP contribution in [0.4, 0.5) is 5.69 Å². The molecule has 0 aromatic heterocycles. The Hall–Kier alpha value is -1.64. The number of likely N-dealkylation sites (N-methyl/N-ethyl adjacent to an activating group) is 1. The van der Waals surface area contributed by atoms with Gasteiger partial charge in [-0.15, -0.1) is 0 Å². The third-order valence-corrected chi connectivity index (χ3v) is 5.30. The maximum Gasteiger partial charge on any atom is 0.238 e. The van der Waals surface area contributed by atoms with Crippen LogP contribution in [0.15, 0.2) is 18.2 Å². The Morgan fingerprint density at radius 2 is 2.00 bits per heavy atom. The standard InChI is InChI=1S/C15H15NO2/c1-14(2)12-10(17)7-8-5-4-6-9-11(8)15(12,14)13(18)16(9)3/h4-6,12H,7H2,1-3H3/t12-,15-/m0/s1. The average molecular weight is 241 g/mol. The van der Waals surface area contributed by atoms with E-state index < -0.39 is 5.41 Å². The first-order valence-electron chi connectivity index (χ1n) is 6.37. The quantitative estimate of drug-likeness (QED) is 0.693. The maximum absolute atomic E-state index is 12.7. The van der Waals surface area contributed by atoms with Gasteiger partial charge in [0.05, 0.1) is 5.41 Å². The molecule has 2 aliphatic carbocycles. The van der Waals surface area contributed by atoms with E-state index in [1.54, 1.807) is 4.90 Å². The number of carbonyl (C=O) groups excluding carboxylic acids is 2. The minimum Gasteiger partial charge on any atom is -0.314 e. The summed E-state index contributed by atoms with van der Waals surface area (Å²) in [6.07, 6.45) is 0.486. The Morgan fingerprint density at radius 1 is 1.28 bits per heavy atom. The van der Waals surface area contributed by atoms with Crippen molar-refractivity contribution in [3.63, 3.8) is 0 Å². The monoisotopic (exact) mass is 241 g/mol. The lowest BCUT2D eigenvalue weighted by atomic mass is 9.81. The van der Waals surface area contributed by atoms with Crippen LogP contribution in [0.1, 0.15) is 25.0 Å². The van der Waals surface area contributed by atoms with Crippen LogP contribution in [0.2, 0.25) is 0 Å². The summed E-state index contributed by atoms with van der Waals surface area (Å²) >= 11 is 0. The van der Waals surface area contributed by atoms with E-state index in [1.807, 2.05) is 25.2 Å². The van der Waals surface area contributed by atoms with Gasteiger partial charge in [-0.05, 0) is 22.6 Å². The summed E-state index contributed by atoms with van der Waals surface area (Å²) in [7, 11) is 1.82. The fourth-order valence-corrected chi connectivity index (χ4v) is 4.51. The molecule has 1 aromatic carbocycles.